The zero-order valence-corrected chi connectivity index (χ0v) is 46.4. The molecule has 6 aromatic rings. The highest BCUT2D eigenvalue weighted by Gasteiger charge is 2.23. The van der Waals surface area contributed by atoms with Crippen LogP contribution in [0.1, 0.15) is 127 Å². The molecule has 0 spiro atoms. The minimum Gasteiger partial charge on any atom is -0.508 e. The Balaban J connectivity index is 0.000000269. The smallest absolute Gasteiger partial charge is 0.306 e. The molecule has 0 heterocycles. The Kier molecular flexibility index (Phi) is 23.7. The van der Waals surface area contributed by atoms with Gasteiger partial charge in [0.15, 0.2) is 0 Å². The number of phenols is 1. The highest BCUT2D eigenvalue weighted by Crippen LogP contribution is 2.39. The summed E-state index contributed by atoms with van der Waals surface area (Å²) in [6.45, 7) is 21.3. The number of aromatic hydroxyl groups is 1. The molecule has 0 bridgehead atoms. The van der Waals surface area contributed by atoms with E-state index in [1.54, 1.807) is 57.5 Å². The monoisotopic (exact) mass is 1040 g/mol. The van der Waals surface area contributed by atoms with Crippen LogP contribution in [0.4, 0.5) is 8.78 Å². The number of phenolic OH excluding ortho intramolecular Hbond substituents is 1. The van der Waals surface area contributed by atoms with E-state index in [0.717, 1.165) is 44.5 Å². The predicted molar refractivity (Wildman–Crippen MR) is 300 cm³/mol. The van der Waals surface area contributed by atoms with Crippen LogP contribution in [0, 0.1) is 11.6 Å². The summed E-state index contributed by atoms with van der Waals surface area (Å²) >= 11 is 5.93. The van der Waals surface area contributed by atoms with Crippen LogP contribution in [-0.2, 0) is 42.4 Å². The van der Waals surface area contributed by atoms with Crippen LogP contribution >= 0.6 is 11.6 Å². The van der Waals surface area contributed by atoms with Gasteiger partial charge in [-0.2, -0.15) is 0 Å². The molecule has 6 rings (SSSR count). The van der Waals surface area contributed by atoms with Crippen LogP contribution in [0.3, 0.4) is 0 Å². The Bertz CT molecular complexity index is 2820. The summed E-state index contributed by atoms with van der Waals surface area (Å²) in [5.41, 5.74) is 8.54. The molecule has 0 aliphatic heterocycles. The van der Waals surface area contributed by atoms with E-state index in [-0.39, 0.29) is 52.0 Å². The topological polar surface area (TPSA) is 101 Å². The Morgan fingerprint density at radius 2 is 0.960 bits per heavy atom. The maximum Gasteiger partial charge on any atom is 0.306 e. The van der Waals surface area contributed by atoms with Crippen LogP contribution in [0.2, 0.25) is 0 Å². The molecule has 0 saturated carbocycles. The van der Waals surface area contributed by atoms with E-state index in [1.807, 2.05) is 118 Å². The van der Waals surface area contributed by atoms with Gasteiger partial charge in [0, 0.05) is 28.8 Å². The van der Waals surface area contributed by atoms with Gasteiger partial charge in [-0.05, 0) is 156 Å². The van der Waals surface area contributed by atoms with Crippen molar-refractivity contribution in [1.82, 2.24) is 0 Å². The lowest BCUT2D eigenvalue weighted by Crippen LogP contribution is -2.13. The van der Waals surface area contributed by atoms with E-state index in [2.05, 4.69) is 41.5 Å². The Morgan fingerprint density at radius 1 is 0.560 bits per heavy atom. The first-order valence-corrected chi connectivity index (χ1v) is 25.8. The minimum atomic E-state index is -0.293. The predicted octanol–water partition coefficient (Wildman–Crippen LogP) is 16.5. The second-order valence-electron chi connectivity index (χ2n) is 19.8. The molecule has 1 N–H and O–H groups in total. The number of carbonyl (C=O) groups excluding carboxylic acids is 2. The largest absolute Gasteiger partial charge is 0.508 e. The molecule has 11 heteroatoms. The third-order valence-corrected chi connectivity index (χ3v) is 12.4. The van der Waals surface area contributed by atoms with Crippen LogP contribution < -0.4 is 14.2 Å². The average molecular weight is 1050 g/mol. The van der Waals surface area contributed by atoms with Gasteiger partial charge in [-0.3, -0.25) is 9.59 Å². The summed E-state index contributed by atoms with van der Waals surface area (Å²) in [5, 5.41) is 9.22. The van der Waals surface area contributed by atoms with E-state index >= 15 is 0 Å². The van der Waals surface area contributed by atoms with Gasteiger partial charge in [0.2, 0.25) is 0 Å². The van der Waals surface area contributed by atoms with E-state index in [0.29, 0.717) is 66.9 Å². The molecule has 6 aromatic carbocycles. The number of esters is 2. The summed E-state index contributed by atoms with van der Waals surface area (Å²) in [6.07, 6.45) is 8.44. The van der Waals surface area contributed by atoms with E-state index in [1.165, 1.54) is 12.1 Å². The summed E-state index contributed by atoms with van der Waals surface area (Å²) < 4.78 is 55.9. The lowest BCUT2D eigenvalue weighted by molar-refractivity contribution is -0.144. The van der Waals surface area contributed by atoms with Gasteiger partial charge < -0.3 is 28.8 Å². The van der Waals surface area contributed by atoms with Crippen LogP contribution in [0.25, 0.3) is 22.3 Å². The van der Waals surface area contributed by atoms with Gasteiger partial charge in [0.05, 0.1) is 40.3 Å². The number of benzene rings is 6. The Morgan fingerprint density at radius 3 is 1.35 bits per heavy atom. The molecule has 0 saturated heterocycles. The first kappa shape index (κ1) is 60.6. The van der Waals surface area contributed by atoms with Crippen molar-refractivity contribution in [3.8, 4) is 45.3 Å². The molecule has 0 aliphatic carbocycles. The second kappa shape index (κ2) is 29.3. The van der Waals surface area contributed by atoms with Gasteiger partial charge in [0.25, 0.3) is 0 Å². The standard InChI is InChI=1S/C32H37FO4.C18H20ClFO.C14H18O3/c1-7-9-24(19-31(34)36-8-2)23-11-13-25(14-12-23)37-21-22-10-16-29(32(3,4)5)27(18-22)28-20-26(35-6)15-17-30(28)33;1-18(2,3)16-7-5-12(11-19)9-14(16)15-10-13(21-4)6-8-17(15)20;1-3-5-12(10-14(16)17-4-2)11-6-8-13(15)9-7-11/h7,9-18,20,24H,8,19,21H2,1-6H3;5-10H,11H2,1-4H3;3,5-9,12,15H,4,10H2,1-2H3/b9-7+;;5-3+/t24-;;12-/m0.0/s1. The molecule has 0 amide bonds. The molecule has 0 fully saturated rings. The fourth-order valence-electron chi connectivity index (χ4n) is 8.34. The Hall–Kier alpha value is -6.91. The molecular formula is C64H75ClF2O8. The lowest BCUT2D eigenvalue weighted by Gasteiger charge is -2.24. The fraction of sp³-hybridized carbons (Fsp3) is 0.344. The van der Waals surface area contributed by atoms with Crippen molar-refractivity contribution in [2.75, 3.05) is 27.4 Å². The van der Waals surface area contributed by atoms with Gasteiger partial charge in [-0.1, -0.05) is 114 Å². The van der Waals surface area contributed by atoms with Crippen molar-refractivity contribution in [1.29, 1.82) is 0 Å². The normalized spacial score (nSPS) is 12.2. The molecule has 8 nitrogen and oxygen atoms in total. The van der Waals surface area contributed by atoms with Gasteiger partial charge in [-0.25, -0.2) is 8.78 Å². The minimum absolute atomic E-state index is 0.000324. The van der Waals surface area contributed by atoms with Crippen molar-refractivity contribution in [2.45, 2.75) is 117 Å². The third kappa shape index (κ3) is 18.5. The quantitative estimate of drug-likeness (QED) is 0.0516. The number of rotatable bonds is 18. The third-order valence-electron chi connectivity index (χ3n) is 12.1. The van der Waals surface area contributed by atoms with Gasteiger partial charge >= 0.3 is 11.9 Å². The zero-order chi connectivity index (χ0) is 55.3. The highest BCUT2D eigenvalue weighted by molar-refractivity contribution is 6.17. The lowest BCUT2D eigenvalue weighted by atomic mass is 9.81. The molecule has 0 radical (unpaired) electrons. The second-order valence-corrected chi connectivity index (χ2v) is 20.1. The number of alkyl halides is 1. The number of allylic oxidation sites excluding steroid dienone is 4. The molecule has 2 atom stereocenters. The van der Waals surface area contributed by atoms with Crippen molar-refractivity contribution in [3.05, 3.63) is 191 Å². The fourth-order valence-corrected chi connectivity index (χ4v) is 8.51. The number of hydrogen-bond donors (Lipinski definition) is 1. The van der Waals surface area contributed by atoms with Gasteiger partial charge in [0.1, 0.15) is 41.2 Å². The first-order valence-electron chi connectivity index (χ1n) is 25.3. The van der Waals surface area contributed by atoms with Crippen molar-refractivity contribution in [2.24, 2.45) is 0 Å². The maximum atomic E-state index is 14.9. The molecule has 400 valence electrons. The van der Waals surface area contributed by atoms with E-state index in [9.17, 15) is 23.5 Å². The maximum absolute atomic E-state index is 14.9. The number of carbonyl (C=O) groups is 2. The van der Waals surface area contributed by atoms with Crippen molar-refractivity contribution < 1.29 is 47.2 Å². The first-order chi connectivity index (χ1) is 35.7. The summed E-state index contributed by atoms with van der Waals surface area (Å²) in [6, 6.07) is 36.3. The number of hydrogen-bond acceptors (Lipinski definition) is 8. The Labute approximate surface area is 449 Å². The van der Waals surface area contributed by atoms with Crippen LogP contribution in [0.5, 0.6) is 23.0 Å². The van der Waals surface area contributed by atoms with Gasteiger partial charge in [-0.15, -0.1) is 11.6 Å². The van der Waals surface area contributed by atoms with E-state index in [4.69, 9.17) is 35.3 Å². The van der Waals surface area contributed by atoms with E-state index < -0.39 is 0 Å². The molecule has 0 aliphatic rings. The number of ether oxygens (including phenoxy) is 5. The van der Waals surface area contributed by atoms with Crippen LogP contribution in [-0.4, -0.2) is 44.5 Å². The van der Waals surface area contributed by atoms with Crippen molar-refractivity contribution >= 4 is 23.5 Å². The molecular weight excluding hydrogens is 970 g/mol. The molecule has 0 aromatic heterocycles. The summed E-state index contributed by atoms with van der Waals surface area (Å²) in [7, 11) is 3.16. The summed E-state index contributed by atoms with van der Waals surface area (Å²) in [4.78, 5) is 23.5. The summed E-state index contributed by atoms with van der Waals surface area (Å²) in [5.74, 6) is 1.58. The molecule has 0 unspecified atom stereocenters. The average Bonchev–Trinajstić information content (AvgIpc) is 3.38. The van der Waals surface area contributed by atoms with Crippen molar-refractivity contribution in [3.63, 3.8) is 0 Å². The van der Waals surface area contributed by atoms with Crippen LogP contribution in [0.15, 0.2) is 146 Å². The molecule has 75 heavy (non-hydrogen) atoms. The highest BCUT2D eigenvalue weighted by atomic mass is 35.5. The zero-order valence-electron chi connectivity index (χ0n) is 45.7. The SMILES string of the molecule is C/C=C/[C@@H](CC(=O)OCC)c1ccc(O)cc1.C/C=C/[C@@H](CC(=O)OCC)c1ccc(OCc2ccc(C(C)(C)C)c(-c3cc(OC)ccc3F)c2)cc1.COc1ccc(F)c(-c2cc(CCl)ccc2C(C)(C)C)c1. The number of halogens is 3. The number of methoxy groups -OCH3 is 2.